The van der Waals surface area contributed by atoms with Crippen LogP contribution in [0.15, 0.2) is 60.8 Å². The molecule has 2 aromatic carbocycles. The van der Waals surface area contributed by atoms with Crippen molar-refractivity contribution in [3.05, 3.63) is 76.9 Å². The van der Waals surface area contributed by atoms with E-state index in [0.29, 0.717) is 11.6 Å². The maximum Gasteiger partial charge on any atom is 0.307 e. The number of likely N-dealkylation sites (tertiary alicyclic amines) is 1. The number of piperidine rings is 1. The third-order valence-electron chi connectivity index (χ3n) is 5.33. The Morgan fingerprint density at radius 3 is 2.70 bits per heavy atom. The molecule has 0 radical (unpaired) electrons. The Bertz CT molecular complexity index is 953. The lowest BCUT2D eigenvalue weighted by molar-refractivity contribution is -0.143. The van der Waals surface area contributed by atoms with Crippen molar-refractivity contribution in [2.24, 2.45) is 5.92 Å². The van der Waals surface area contributed by atoms with Gasteiger partial charge in [-0.05, 0) is 54.8 Å². The Kier molecular flexibility index (Phi) is 5.10. The predicted molar refractivity (Wildman–Crippen MR) is 107 cm³/mol. The van der Waals surface area contributed by atoms with Gasteiger partial charge in [0.05, 0.1) is 17.5 Å². The summed E-state index contributed by atoms with van der Waals surface area (Å²) in [6, 6.07) is 18.0. The first-order chi connectivity index (χ1) is 13.1. The second kappa shape index (κ2) is 7.67. The van der Waals surface area contributed by atoms with Crippen LogP contribution in [-0.2, 0) is 4.79 Å². The molecule has 1 aromatic heterocycles. The fourth-order valence-electron chi connectivity index (χ4n) is 4.03. The SMILES string of the molecule is O=C(O)C1CCCN(C(c2ccc(Cl)cc2)c2ccnc3ccccc23)C1. The van der Waals surface area contributed by atoms with Gasteiger partial charge in [-0.25, -0.2) is 0 Å². The van der Waals surface area contributed by atoms with Crippen molar-refractivity contribution >= 4 is 28.5 Å². The molecule has 1 saturated heterocycles. The number of nitrogens with zero attached hydrogens (tertiary/aromatic N) is 2. The number of hydrogen-bond acceptors (Lipinski definition) is 3. The van der Waals surface area contributed by atoms with Crippen LogP contribution in [0, 0.1) is 5.92 Å². The number of aliphatic carboxylic acids is 1. The summed E-state index contributed by atoms with van der Waals surface area (Å²) >= 11 is 6.11. The number of halogens is 1. The standard InChI is InChI=1S/C22H21ClN2O2/c23-17-9-7-15(8-10-17)21(25-13-3-4-16(14-25)22(26)27)19-11-12-24-20-6-2-1-5-18(19)20/h1-2,5-12,16,21H,3-4,13-14H2,(H,26,27). The van der Waals surface area contributed by atoms with Crippen LogP contribution in [0.25, 0.3) is 10.9 Å². The Hall–Kier alpha value is -2.43. The lowest BCUT2D eigenvalue weighted by atomic mass is 9.90. The molecule has 4 rings (SSSR count). The largest absolute Gasteiger partial charge is 0.481 e. The molecule has 27 heavy (non-hydrogen) atoms. The number of hydrogen-bond donors (Lipinski definition) is 1. The molecule has 2 atom stereocenters. The predicted octanol–water partition coefficient (Wildman–Crippen LogP) is 4.77. The van der Waals surface area contributed by atoms with E-state index in [1.165, 1.54) is 0 Å². The molecule has 1 aliphatic rings. The molecule has 1 N–H and O–H groups in total. The van der Waals surface area contributed by atoms with Crippen LogP contribution < -0.4 is 0 Å². The van der Waals surface area contributed by atoms with Crippen LogP contribution in [-0.4, -0.2) is 34.0 Å². The highest BCUT2D eigenvalue weighted by Gasteiger charge is 2.32. The Morgan fingerprint density at radius 1 is 1.15 bits per heavy atom. The van der Waals surface area contributed by atoms with Crippen molar-refractivity contribution in [1.29, 1.82) is 0 Å². The van der Waals surface area contributed by atoms with Gasteiger partial charge in [-0.2, -0.15) is 0 Å². The first-order valence-electron chi connectivity index (χ1n) is 9.19. The molecule has 0 aliphatic carbocycles. The summed E-state index contributed by atoms with van der Waals surface area (Å²) in [5.41, 5.74) is 3.21. The van der Waals surface area contributed by atoms with Crippen LogP contribution in [0.1, 0.15) is 30.0 Å². The molecule has 3 aromatic rings. The average Bonchev–Trinajstić information content (AvgIpc) is 2.70. The Labute approximate surface area is 163 Å². The zero-order chi connectivity index (χ0) is 18.8. The quantitative estimate of drug-likeness (QED) is 0.708. The minimum Gasteiger partial charge on any atom is -0.481 e. The first kappa shape index (κ1) is 18.0. The van der Waals surface area contributed by atoms with Gasteiger partial charge >= 0.3 is 5.97 Å². The van der Waals surface area contributed by atoms with E-state index in [-0.39, 0.29) is 12.0 Å². The second-order valence-corrected chi connectivity index (χ2v) is 7.48. The Morgan fingerprint density at radius 2 is 1.93 bits per heavy atom. The molecule has 2 unspecified atom stereocenters. The lowest BCUT2D eigenvalue weighted by Crippen LogP contribution is -2.41. The number of pyridine rings is 1. The zero-order valence-electron chi connectivity index (χ0n) is 14.9. The summed E-state index contributed by atoms with van der Waals surface area (Å²) in [7, 11) is 0. The van der Waals surface area contributed by atoms with Crippen molar-refractivity contribution in [1.82, 2.24) is 9.88 Å². The van der Waals surface area contributed by atoms with E-state index in [1.54, 1.807) is 0 Å². The number of carbonyl (C=O) groups is 1. The number of para-hydroxylation sites is 1. The van der Waals surface area contributed by atoms with Crippen LogP contribution in [0.5, 0.6) is 0 Å². The van der Waals surface area contributed by atoms with Gasteiger partial charge in [0.2, 0.25) is 0 Å². The topological polar surface area (TPSA) is 53.4 Å². The third-order valence-corrected chi connectivity index (χ3v) is 5.58. The molecular weight excluding hydrogens is 360 g/mol. The summed E-state index contributed by atoms with van der Waals surface area (Å²) in [5.74, 6) is -1.05. The van der Waals surface area contributed by atoms with Gasteiger partial charge in [-0.1, -0.05) is 41.9 Å². The van der Waals surface area contributed by atoms with Gasteiger partial charge in [-0.3, -0.25) is 14.7 Å². The fraction of sp³-hybridized carbons (Fsp3) is 0.273. The molecule has 1 fully saturated rings. The van der Waals surface area contributed by atoms with Crippen LogP contribution >= 0.6 is 11.6 Å². The lowest BCUT2D eigenvalue weighted by Gasteiger charge is -2.38. The van der Waals surface area contributed by atoms with E-state index in [0.717, 1.165) is 41.4 Å². The van der Waals surface area contributed by atoms with Gasteiger partial charge in [0.15, 0.2) is 0 Å². The van der Waals surface area contributed by atoms with Gasteiger partial charge < -0.3 is 5.11 Å². The van der Waals surface area contributed by atoms with Gasteiger partial charge in [0, 0.05) is 23.2 Å². The molecule has 138 valence electrons. The van der Waals surface area contributed by atoms with E-state index in [9.17, 15) is 9.90 Å². The maximum absolute atomic E-state index is 11.6. The molecule has 5 heteroatoms. The van der Waals surface area contributed by atoms with E-state index in [2.05, 4.69) is 16.0 Å². The van der Waals surface area contributed by atoms with Gasteiger partial charge in [-0.15, -0.1) is 0 Å². The summed E-state index contributed by atoms with van der Waals surface area (Å²) < 4.78 is 0. The van der Waals surface area contributed by atoms with Gasteiger partial charge in [0.1, 0.15) is 0 Å². The first-order valence-corrected chi connectivity index (χ1v) is 9.57. The number of rotatable bonds is 4. The Balaban J connectivity index is 1.83. The molecule has 0 amide bonds. The summed E-state index contributed by atoms with van der Waals surface area (Å²) in [5, 5.41) is 11.3. The number of aromatic nitrogens is 1. The monoisotopic (exact) mass is 380 g/mol. The molecule has 0 spiro atoms. The molecule has 4 nitrogen and oxygen atoms in total. The molecular formula is C22H21ClN2O2. The molecule has 2 heterocycles. The number of benzene rings is 2. The minimum atomic E-state index is -0.714. The van der Waals surface area contributed by atoms with Gasteiger partial charge in [0.25, 0.3) is 0 Å². The summed E-state index contributed by atoms with van der Waals surface area (Å²) in [4.78, 5) is 18.4. The smallest absolute Gasteiger partial charge is 0.307 e. The van der Waals surface area contributed by atoms with E-state index in [1.807, 2.05) is 54.7 Å². The van der Waals surface area contributed by atoms with Crippen molar-refractivity contribution in [2.45, 2.75) is 18.9 Å². The normalized spacial score (nSPS) is 19.1. The van der Waals surface area contributed by atoms with E-state index in [4.69, 9.17) is 11.6 Å². The molecule has 0 saturated carbocycles. The minimum absolute atomic E-state index is 0.0303. The van der Waals surface area contributed by atoms with Crippen molar-refractivity contribution < 1.29 is 9.90 Å². The van der Waals surface area contributed by atoms with Crippen LogP contribution in [0.4, 0.5) is 0 Å². The fourth-order valence-corrected chi connectivity index (χ4v) is 4.16. The highest BCUT2D eigenvalue weighted by atomic mass is 35.5. The summed E-state index contributed by atoms with van der Waals surface area (Å²) in [6.07, 6.45) is 3.44. The van der Waals surface area contributed by atoms with E-state index >= 15 is 0 Å². The van der Waals surface area contributed by atoms with Crippen molar-refractivity contribution in [2.75, 3.05) is 13.1 Å². The maximum atomic E-state index is 11.6. The number of fused-ring (bicyclic) bond motifs is 1. The number of carboxylic acid groups (broad SMARTS) is 1. The number of carboxylic acids is 1. The van der Waals surface area contributed by atoms with Crippen LogP contribution in [0.2, 0.25) is 5.02 Å². The average molecular weight is 381 g/mol. The highest BCUT2D eigenvalue weighted by Crippen LogP contribution is 2.36. The third kappa shape index (κ3) is 3.68. The molecule has 0 bridgehead atoms. The summed E-state index contributed by atoms with van der Waals surface area (Å²) in [6.45, 7) is 1.41. The van der Waals surface area contributed by atoms with Crippen LogP contribution in [0.3, 0.4) is 0 Å². The second-order valence-electron chi connectivity index (χ2n) is 7.04. The van der Waals surface area contributed by atoms with E-state index < -0.39 is 5.97 Å². The zero-order valence-corrected chi connectivity index (χ0v) is 15.6. The highest BCUT2D eigenvalue weighted by molar-refractivity contribution is 6.30. The molecule has 1 aliphatic heterocycles. The van der Waals surface area contributed by atoms with Crippen molar-refractivity contribution in [3.63, 3.8) is 0 Å². The van der Waals surface area contributed by atoms with Crippen molar-refractivity contribution in [3.8, 4) is 0 Å².